The Morgan fingerprint density at radius 3 is 1.32 bits per heavy atom. The molecule has 0 saturated carbocycles. The fourth-order valence-electron chi connectivity index (χ4n) is 5.02. The van der Waals surface area contributed by atoms with E-state index in [4.69, 9.17) is 0 Å². The fourth-order valence-corrected chi connectivity index (χ4v) is 5.02. The van der Waals surface area contributed by atoms with Crippen LogP contribution in [0.2, 0.25) is 0 Å². The largest absolute Gasteiger partial charge is 0.488 e. The van der Waals surface area contributed by atoms with Crippen molar-refractivity contribution < 1.29 is 29.7 Å². The smallest absolute Gasteiger partial charge is 0.423 e. The minimum atomic E-state index is -1.48. The van der Waals surface area contributed by atoms with Crippen molar-refractivity contribution in [2.24, 2.45) is 0 Å². The van der Waals surface area contributed by atoms with Gasteiger partial charge in [0.25, 0.3) is 11.8 Å². The molecule has 40 heavy (non-hydrogen) atoms. The van der Waals surface area contributed by atoms with Crippen molar-refractivity contribution in [2.75, 3.05) is 0 Å². The first kappa shape index (κ1) is 27.4. The van der Waals surface area contributed by atoms with E-state index in [0.717, 1.165) is 44.5 Å². The van der Waals surface area contributed by atoms with Crippen molar-refractivity contribution in [3.8, 4) is 22.3 Å². The average molecular weight is 534 g/mol. The molecular formula is C30H28B2N2O6. The van der Waals surface area contributed by atoms with Crippen LogP contribution in [0.3, 0.4) is 0 Å². The predicted octanol–water partition coefficient (Wildman–Crippen LogP) is 1.17. The Bertz CT molecular complexity index is 1520. The number of carbonyl (C=O) groups is 2. The van der Waals surface area contributed by atoms with E-state index < -0.39 is 14.2 Å². The van der Waals surface area contributed by atoms with Crippen molar-refractivity contribution in [2.45, 2.75) is 26.9 Å². The standard InChI is InChI=1S/2C15H14BNO3/c2*1-9-2-4-12(16(19)20)7-14(9)10-3-5-13-11(6-10)8-17-15(13)18/h2*2-7,19-20H,8H2,1H3,(H,17,18). The van der Waals surface area contributed by atoms with E-state index in [2.05, 4.69) is 10.6 Å². The summed E-state index contributed by atoms with van der Waals surface area (Å²) in [6.07, 6.45) is 0. The summed E-state index contributed by atoms with van der Waals surface area (Å²) < 4.78 is 0. The van der Waals surface area contributed by atoms with Crippen LogP contribution in [0.15, 0.2) is 72.8 Å². The molecule has 0 unspecified atom stereocenters. The van der Waals surface area contributed by atoms with Crippen LogP contribution in [0.25, 0.3) is 22.3 Å². The summed E-state index contributed by atoms with van der Waals surface area (Å²) in [4.78, 5) is 23.1. The van der Waals surface area contributed by atoms with Gasteiger partial charge in [-0.1, -0.05) is 48.5 Å². The Balaban J connectivity index is 0.000000161. The molecular weight excluding hydrogens is 506 g/mol. The van der Waals surface area contributed by atoms with Gasteiger partial charge in [0.2, 0.25) is 0 Å². The highest BCUT2D eigenvalue weighted by Gasteiger charge is 2.21. The van der Waals surface area contributed by atoms with Crippen molar-refractivity contribution >= 4 is 37.0 Å². The lowest BCUT2D eigenvalue weighted by molar-refractivity contribution is 0.0957. The van der Waals surface area contributed by atoms with Gasteiger partial charge in [0, 0.05) is 24.2 Å². The quantitative estimate of drug-likeness (QED) is 0.218. The summed E-state index contributed by atoms with van der Waals surface area (Å²) in [6.45, 7) is 5.03. The number of aryl methyl sites for hydroxylation is 2. The second kappa shape index (κ2) is 11.1. The van der Waals surface area contributed by atoms with E-state index in [-0.39, 0.29) is 11.8 Å². The molecule has 6 rings (SSSR count). The monoisotopic (exact) mass is 534 g/mol. The molecule has 0 atom stereocenters. The number of fused-ring (bicyclic) bond motifs is 2. The number of amides is 2. The van der Waals surface area contributed by atoms with E-state index >= 15 is 0 Å². The molecule has 2 amide bonds. The molecule has 0 bridgehead atoms. The second-order valence-electron chi connectivity index (χ2n) is 10.0. The molecule has 2 heterocycles. The van der Waals surface area contributed by atoms with Gasteiger partial charge in [-0.3, -0.25) is 9.59 Å². The maximum atomic E-state index is 11.5. The van der Waals surface area contributed by atoms with Gasteiger partial charge in [0.1, 0.15) is 0 Å². The molecule has 0 aliphatic carbocycles. The van der Waals surface area contributed by atoms with Crippen LogP contribution in [-0.4, -0.2) is 46.1 Å². The molecule has 2 aliphatic rings. The average Bonchev–Trinajstić information content (AvgIpc) is 3.50. The molecule has 6 N–H and O–H groups in total. The highest BCUT2D eigenvalue weighted by Crippen LogP contribution is 2.28. The van der Waals surface area contributed by atoms with Gasteiger partial charge in [-0.25, -0.2) is 0 Å². The molecule has 0 fully saturated rings. The summed E-state index contributed by atoms with van der Waals surface area (Å²) in [5, 5.41) is 42.7. The van der Waals surface area contributed by atoms with Crippen LogP contribution >= 0.6 is 0 Å². The highest BCUT2D eigenvalue weighted by molar-refractivity contribution is 6.59. The van der Waals surface area contributed by atoms with Gasteiger partial charge in [-0.15, -0.1) is 0 Å². The summed E-state index contributed by atoms with van der Waals surface area (Å²) in [5.41, 5.74) is 10.2. The van der Waals surface area contributed by atoms with Gasteiger partial charge >= 0.3 is 14.2 Å². The number of benzene rings is 4. The van der Waals surface area contributed by atoms with E-state index in [0.29, 0.717) is 35.1 Å². The molecule has 4 aromatic rings. The molecule has 0 saturated heterocycles. The molecule has 8 nitrogen and oxygen atoms in total. The Labute approximate surface area is 232 Å². The van der Waals surface area contributed by atoms with Gasteiger partial charge in [-0.2, -0.15) is 0 Å². The number of nitrogens with one attached hydrogen (secondary N) is 2. The van der Waals surface area contributed by atoms with Crippen LogP contribution < -0.4 is 21.6 Å². The number of hydrogen-bond acceptors (Lipinski definition) is 6. The third-order valence-electron chi connectivity index (χ3n) is 7.32. The van der Waals surface area contributed by atoms with Gasteiger partial charge in [0.05, 0.1) is 0 Å². The first-order valence-corrected chi connectivity index (χ1v) is 12.9. The van der Waals surface area contributed by atoms with Crippen molar-refractivity contribution in [3.63, 3.8) is 0 Å². The molecule has 0 aromatic heterocycles. The van der Waals surface area contributed by atoms with Crippen molar-refractivity contribution in [3.05, 3.63) is 106 Å². The topological polar surface area (TPSA) is 139 Å². The Morgan fingerprint density at radius 1 is 0.550 bits per heavy atom. The second-order valence-corrected chi connectivity index (χ2v) is 10.0. The zero-order valence-corrected chi connectivity index (χ0v) is 22.1. The molecule has 10 heteroatoms. The predicted molar refractivity (Wildman–Crippen MR) is 155 cm³/mol. The van der Waals surface area contributed by atoms with Gasteiger partial charge < -0.3 is 30.7 Å². The molecule has 2 aliphatic heterocycles. The zero-order chi connectivity index (χ0) is 28.6. The molecule has 4 aromatic carbocycles. The molecule has 0 spiro atoms. The van der Waals surface area contributed by atoms with Crippen LogP contribution in [0.1, 0.15) is 43.0 Å². The lowest BCUT2D eigenvalue weighted by atomic mass is 9.78. The van der Waals surface area contributed by atoms with Crippen LogP contribution in [0.4, 0.5) is 0 Å². The summed E-state index contributed by atoms with van der Waals surface area (Å²) in [5.74, 6) is -0.0781. The van der Waals surface area contributed by atoms with E-state index in [1.54, 1.807) is 24.3 Å². The summed E-state index contributed by atoms with van der Waals surface area (Å²) in [7, 11) is -2.96. The Hall–Kier alpha value is -4.21. The minimum absolute atomic E-state index is 0.0391. The summed E-state index contributed by atoms with van der Waals surface area (Å²) in [6, 6.07) is 22.0. The normalized spacial score (nSPS) is 13.1. The van der Waals surface area contributed by atoms with E-state index in [9.17, 15) is 29.7 Å². The first-order chi connectivity index (χ1) is 19.1. The maximum Gasteiger partial charge on any atom is 0.488 e. The third kappa shape index (κ3) is 5.43. The number of carbonyl (C=O) groups excluding carboxylic acids is 2. The number of hydrogen-bond donors (Lipinski definition) is 6. The minimum Gasteiger partial charge on any atom is -0.423 e. The van der Waals surface area contributed by atoms with Gasteiger partial charge in [0.15, 0.2) is 0 Å². The van der Waals surface area contributed by atoms with Gasteiger partial charge in [-0.05, 0) is 93.5 Å². The highest BCUT2D eigenvalue weighted by atomic mass is 16.4. The first-order valence-electron chi connectivity index (χ1n) is 12.9. The maximum absolute atomic E-state index is 11.5. The van der Waals surface area contributed by atoms with Crippen molar-refractivity contribution in [1.29, 1.82) is 0 Å². The Kier molecular flexibility index (Phi) is 7.60. The third-order valence-corrected chi connectivity index (χ3v) is 7.32. The number of rotatable bonds is 4. The van der Waals surface area contributed by atoms with Crippen LogP contribution in [0, 0.1) is 13.8 Å². The zero-order valence-electron chi connectivity index (χ0n) is 22.1. The lowest BCUT2D eigenvalue weighted by Crippen LogP contribution is -2.29. The van der Waals surface area contributed by atoms with Crippen molar-refractivity contribution in [1.82, 2.24) is 10.6 Å². The fraction of sp³-hybridized carbons (Fsp3) is 0.133. The Morgan fingerprint density at radius 2 is 0.950 bits per heavy atom. The van der Waals surface area contributed by atoms with E-state index in [1.807, 2.05) is 62.4 Å². The van der Waals surface area contributed by atoms with Crippen LogP contribution in [-0.2, 0) is 13.1 Å². The van der Waals surface area contributed by atoms with E-state index in [1.165, 1.54) is 0 Å². The summed E-state index contributed by atoms with van der Waals surface area (Å²) >= 11 is 0. The lowest BCUT2D eigenvalue weighted by Gasteiger charge is -2.10. The molecule has 0 radical (unpaired) electrons. The molecule has 200 valence electrons. The van der Waals surface area contributed by atoms with Crippen LogP contribution in [0.5, 0.6) is 0 Å². The SMILES string of the molecule is Cc1ccc(B(O)O)cc1-c1ccc2c(c1)CNC2=O.Cc1ccc(B(O)O)cc1-c1ccc2c(c1)CNC2=O.